The number of hydrogen-bond acceptors (Lipinski definition) is 2. The van der Waals surface area contributed by atoms with Gasteiger partial charge in [0.15, 0.2) is 0 Å². The molecule has 0 heterocycles. The maximum atomic E-state index is 12.4. The lowest BCUT2D eigenvalue weighted by atomic mass is 10.1. The highest BCUT2D eigenvalue weighted by molar-refractivity contribution is 6.30. The van der Waals surface area contributed by atoms with Crippen molar-refractivity contribution in [3.05, 3.63) is 28.8 Å². The molecule has 0 unspecified atom stereocenters. The summed E-state index contributed by atoms with van der Waals surface area (Å²) in [6.45, 7) is 2.66. The van der Waals surface area contributed by atoms with Crippen LogP contribution in [0.25, 0.3) is 0 Å². The molecular formula is C12H16ClF3N2. The van der Waals surface area contributed by atoms with Gasteiger partial charge in [-0.05, 0) is 37.6 Å². The topological polar surface area (TPSA) is 29.3 Å². The second kappa shape index (κ2) is 5.80. The summed E-state index contributed by atoms with van der Waals surface area (Å²) in [7, 11) is 0. The smallest absolute Gasteiger partial charge is 0.399 e. The molecule has 0 atom stereocenters. The number of hydrogen-bond donors (Lipinski definition) is 1. The van der Waals surface area contributed by atoms with Crippen LogP contribution in [0.1, 0.15) is 19.4 Å². The molecule has 0 spiro atoms. The number of nitrogens with zero attached hydrogens (tertiary/aromatic N) is 1. The van der Waals surface area contributed by atoms with Crippen LogP contribution in [0.5, 0.6) is 0 Å². The first-order chi connectivity index (χ1) is 8.17. The summed E-state index contributed by atoms with van der Waals surface area (Å²) in [5, 5.41) is 0.431. The third kappa shape index (κ3) is 5.14. The summed E-state index contributed by atoms with van der Waals surface area (Å²) >= 11 is 5.83. The van der Waals surface area contributed by atoms with Crippen molar-refractivity contribution >= 4 is 17.3 Å². The Balaban J connectivity index is 2.83. The summed E-state index contributed by atoms with van der Waals surface area (Å²) < 4.78 is 37.3. The molecule has 0 fully saturated rings. The number of nitrogen functional groups attached to an aromatic ring is 1. The largest absolute Gasteiger partial charge is 0.401 e. The third-order valence-electron chi connectivity index (χ3n) is 2.48. The van der Waals surface area contributed by atoms with Crippen molar-refractivity contribution in [3.8, 4) is 0 Å². The fourth-order valence-electron chi connectivity index (χ4n) is 1.65. The minimum Gasteiger partial charge on any atom is -0.399 e. The average Bonchev–Trinajstić information content (AvgIpc) is 2.12. The molecule has 0 radical (unpaired) electrons. The van der Waals surface area contributed by atoms with Crippen LogP contribution in [0.15, 0.2) is 18.2 Å². The molecule has 0 aliphatic heterocycles. The van der Waals surface area contributed by atoms with E-state index in [1.807, 2.05) is 0 Å². The van der Waals surface area contributed by atoms with Gasteiger partial charge in [0, 0.05) is 23.3 Å². The van der Waals surface area contributed by atoms with E-state index in [9.17, 15) is 13.2 Å². The van der Waals surface area contributed by atoms with Gasteiger partial charge in [-0.3, -0.25) is 4.90 Å². The second-order valence-corrected chi connectivity index (χ2v) is 4.94. The van der Waals surface area contributed by atoms with Crippen LogP contribution in [-0.2, 0) is 6.54 Å². The lowest BCUT2D eigenvalue weighted by molar-refractivity contribution is -0.150. The van der Waals surface area contributed by atoms with Crippen molar-refractivity contribution in [2.24, 2.45) is 0 Å². The standard InChI is InChI=1S/C12H16ClF3N2/c1-8(2)18(7-12(14,15)16)6-9-3-10(13)5-11(17)4-9/h3-5,8H,6-7,17H2,1-2H3. The number of anilines is 1. The molecule has 0 saturated heterocycles. The van der Waals surface area contributed by atoms with Crippen molar-refractivity contribution in [2.45, 2.75) is 32.6 Å². The van der Waals surface area contributed by atoms with Gasteiger partial charge >= 0.3 is 6.18 Å². The average molecular weight is 281 g/mol. The molecule has 6 heteroatoms. The summed E-state index contributed by atoms with van der Waals surface area (Å²) in [5.74, 6) is 0. The zero-order chi connectivity index (χ0) is 13.9. The van der Waals surface area contributed by atoms with E-state index < -0.39 is 12.7 Å². The first kappa shape index (κ1) is 15.1. The fraction of sp³-hybridized carbons (Fsp3) is 0.500. The summed E-state index contributed by atoms with van der Waals surface area (Å²) in [6, 6.07) is 4.61. The van der Waals surface area contributed by atoms with Crippen LogP contribution >= 0.6 is 11.6 Å². The van der Waals surface area contributed by atoms with Gasteiger partial charge in [-0.15, -0.1) is 0 Å². The molecule has 2 nitrogen and oxygen atoms in total. The highest BCUT2D eigenvalue weighted by atomic mass is 35.5. The molecule has 0 aliphatic carbocycles. The van der Waals surface area contributed by atoms with Gasteiger partial charge in [0.1, 0.15) is 0 Å². The molecule has 102 valence electrons. The molecule has 18 heavy (non-hydrogen) atoms. The Morgan fingerprint density at radius 1 is 1.28 bits per heavy atom. The Morgan fingerprint density at radius 3 is 2.33 bits per heavy atom. The number of benzene rings is 1. The molecule has 0 bridgehead atoms. The molecule has 1 aromatic carbocycles. The molecule has 0 aliphatic rings. The predicted molar refractivity (Wildman–Crippen MR) is 67.5 cm³/mol. The van der Waals surface area contributed by atoms with Crippen molar-refractivity contribution in [1.82, 2.24) is 4.90 Å². The second-order valence-electron chi connectivity index (χ2n) is 4.51. The van der Waals surface area contributed by atoms with E-state index in [0.717, 1.165) is 0 Å². The van der Waals surface area contributed by atoms with Crippen LogP contribution in [0.3, 0.4) is 0 Å². The van der Waals surface area contributed by atoms with Gasteiger partial charge in [-0.1, -0.05) is 11.6 Å². The maximum absolute atomic E-state index is 12.4. The molecule has 1 aromatic rings. The Labute approximate surface area is 110 Å². The quantitative estimate of drug-likeness (QED) is 0.852. The molecule has 0 amide bonds. The Morgan fingerprint density at radius 2 is 1.89 bits per heavy atom. The first-order valence-electron chi connectivity index (χ1n) is 5.53. The van der Waals surface area contributed by atoms with Crippen LogP contribution in [-0.4, -0.2) is 23.7 Å². The normalized spacial score (nSPS) is 12.4. The van der Waals surface area contributed by atoms with Gasteiger partial charge in [0.25, 0.3) is 0 Å². The lowest BCUT2D eigenvalue weighted by Gasteiger charge is -2.27. The summed E-state index contributed by atoms with van der Waals surface area (Å²) in [6.07, 6.45) is -4.21. The van der Waals surface area contributed by atoms with Gasteiger partial charge < -0.3 is 5.73 Å². The molecular weight excluding hydrogens is 265 g/mol. The van der Waals surface area contributed by atoms with Crippen molar-refractivity contribution in [1.29, 1.82) is 0 Å². The lowest BCUT2D eigenvalue weighted by Crippen LogP contribution is -2.38. The van der Waals surface area contributed by atoms with E-state index in [1.54, 1.807) is 32.0 Å². The monoisotopic (exact) mass is 280 g/mol. The Bertz CT molecular complexity index is 385. The molecule has 2 N–H and O–H groups in total. The van der Waals surface area contributed by atoms with Crippen molar-refractivity contribution in [2.75, 3.05) is 12.3 Å². The zero-order valence-corrected chi connectivity index (χ0v) is 11.0. The molecule has 0 saturated carbocycles. The van der Waals surface area contributed by atoms with Crippen LogP contribution < -0.4 is 5.73 Å². The number of halogens is 4. The van der Waals surface area contributed by atoms with E-state index in [2.05, 4.69) is 0 Å². The van der Waals surface area contributed by atoms with E-state index in [-0.39, 0.29) is 12.6 Å². The maximum Gasteiger partial charge on any atom is 0.401 e. The third-order valence-corrected chi connectivity index (χ3v) is 2.70. The first-order valence-corrected chi connectivity index (χ1v) is 5.91. The predicted octanol–water partition coefficient (Wildman–Crippen LogP) is 3.69. The minimum absolute atomic E-state index is 0.169. The van der Waals surface area contributed by atoms with E-state index in [1.165, 1.54) is 4.90 Å². The van der Waals surface area contributed by atoms with Crippen LogP contribution in [0.2, 0.25) is 5.02 Å². The zero-order valence-electron chi connectivity index (χ0n) is 10.3. The number of nitrogens with two attached hydrogens (primary N) is 1. The van der Waals surface area contributed by atoms with Gasteiger partial charge in [-0.25, -0.2) is 0 Å². The summed E-state index contributed by atoms with van der Waals surface area (Å²) in [4.78, 5) is 1.32. The fourth-order valence-corrected chi connectivity index (χ4v) is 1.92. The Hall–Kier alpha value is -0.940. The summed E-state index contributed by atoms with van der Waals surface area (Å²) in [5.41, 5.74) is 6.74. The van der Waals surface area contributed by atoms with Gasteiger partial charge in [-0.2, -0.15) is 13.2 Å². The van der Waals surface area contributed by atoms with E-state index in [0.29, 0.717) is 16.3 Å². The Kier molecular flexibility index (Phi) is 4.87. The molecule has 0 aromatic heterocycles. The highest BCUT2D eigenvalue weighted by Gasteiger charge is 2.31. The van der Waals surface area contributed by atoms with E-state index in [4.69, 9.17) is 17.3 Å². The van der Waals surface area contributed by atoms with E-state index >= 15 is 0 Å². The van der Waals surface area contributed by atoms with Crippen molar-refractivity contribution < 1.29 is 13.2 Å². The SMILES string of the molecule is CC(C)N(Cc1cc(N)cc(Cl)c1)CC(F)(F)F. The number of alkyl halides is 3. The highest BCUT2D eigenvalue weighted by Crippen LogP contribution is 2.22. The molecule has 1 rings (SSSR count). The van der Waals surface area contributed by atoms with Crippen LogP contribution in [0.4, 0.5) is 18.9 Å². The minimum atomic E-state index is -4.21. The van der Waals surface area contributed by atoms with Crippen molar-refractivity contribution in [3.63, 3.8) is 0 Å². The number of rotatable bonds is 4. The van der Waals surface area contributed by atoms with Gasteiger partial charge in [0.2, 0.25) is 0 Å². The van der Waals surface area contributed by atoms with Gasteiger partial charge in [0.05, 0.1) is 6.54 Å². The van der Waals surface area contributed by atoms with Crippen LogP contribution in [0, 0.1) is 0 Å².